The number of nitrogens with zero attached hydrogens (tertiary/aromatic N) is 2. The molecule has 2 N–H and O–H groups in total. The molecule has 4 aliphatic rings. The number of hydrogen-bond donors (Lipinski definition) is 2. The largest absolute Gasteiger partial charge is 0.311 e. The number of carbonyl (C=O) groups is 3. The molecule has 3 atom stereocenters. The van der Waals surface area contributed by atoms with Crippen LogP contribution >= 0.6 is 0 Å². The molecule has 1 heterocycles. The standard InChI is InChI=1S/C22H31N3O4/c26-14-25(29)13-16(10-15-4-1-2-5-15)20(27)17-11-22(7-8-22)12-18(17)21(28)24-19-6-3-9-23-19/h3,6,14-18,29H,1-2,4-5,7-13H2,(H,23,24,28)/t16-,17?,18-/m1/s1. The van der Waals surface area contributed by atoms with Gasteiger partial charge in [0, 0.05) is 17.8 Å². The van der Waals surface area contributed by atoms with Crippen molar-refractivity contribution in [2.45, 2.75) is 57.8 Å². The fourth-order valence-corrected chi connectivity index (χ4v) is 5.63. The molecule has 0 aromatic heterocycles. The summed E-state index contributed by atoms with van der Waals surface area (Å²) in [7, 11) is 0. The Kier molecular flexibility index (Phi) is 5.86. The summed E-state index contributed by atoms with van der Waals surface area (Å²) < 4.78 is 0. The second-order valence-electron chi connectivity index (χ2n) is 9.45. The highest BCUT2D eigenvalue weighted by Crippen LogP contribution is 2.62. The van der Waals surface area contributed by atoms with Gasteiger partial charge in [-0.1, -0.05) is 31.8 Å². The van der Waals surface area contributed by atoms with Crippen molar-refractivity contribution in [3.05, 3.63) is 12.2 Å². The number of ketones is 1. The summed E-state index contributed by atoms with van der Waals surface area (Å²) in [6.07, 6.45) is 12.9. The Morgan fingerprint density at radius 2 is 2.00 bits per heavy atom. The van der Waals surface area contributed by atoms with Crippen molar-refractivity contribution in [3.8, 4) is 0 Å². The van der Waals surface area contributed by atoms with Gasteiger partial charge >= 0.3 is 0 Å². The number of amidine groups is 1. The van der Waals surface area contributed by atoms with E-state index in [9.17, 15) is 19.6 Å². The first kappa shape index (κ1) is 20.3. The van der Waals surface area contributed by atoms with Gasteiger partial charge in [-0.25, -0.2) is 5.06 Å². The SMILES string of the molecule is O=CN(O)C[C@@H](CC1CCCC1)C(=O)C1CC2(CC2)C[C@H]1C(=O)NC1=NCC=C1. The van der Waals surface area contributed by atoms with Crippen LogP contribution in [0.15, 0.2) is 17.1 Å². The van der Waals surface area contributed by atoms with Gasteiger partial charge in [-0.15, -0.1) is 0 Å². The van der Waals surface area contributed by atoms with Crippen molar-refractivity contribution in [1.29, 1.82) is 0 Å². The van der Waals surface area contributed by atoms with Crippen molar-refractivity contribution in [1.82, 2.24) is 10.4 Å². The Balaban J connectivity index is 1.49. The average Bonchev–Trinajstić information content (AvgIpc) is 3.13. The van der Waals surface area contributed by atoms with E-state index in [1.165, 1.54) is 12.8 Å². The summed E-state index contributed by atoms with van der Waals surface area (Å²) in [4.78, 5) is 41.8. The van der Waals surface area contributed by atoms with Crippen LogP contribution in [0.2, 0.25) is 0 Å². The molecule has 1 unspecified atom stereocenters. The van der Waals surface area contributed by atoms with Gasteiger partial charge < -0.3 is 5.32 Å². The summed E-state index contributed by atoms with van der Waals surface area (Å²) in [5.41, 5.74) is 0.136. The molecule has 29 heavy (non-hydrogen) atoms. The average molecular weight is 402 g/mol. The second kappa shape index (κ2) is 8.38. The Labute approximate surface area is 171 Å². The van der Waals surface area contributed by atoms with Gasteiger partial charge in [0.1, 0.15) is 11.6 Å². The molecule has 0 bridgehead atoms. The number of rotatable bonds is 8. The number of hydrogen-bond acceptors (Lipinski definition) is 5. The van der Waals surface area contributed by atoms with Crippen molar-refractivity contribution >= 4 is 23.9 Å². The van der Waals surface area contributed by atoms with Crippen LogP contribution in [-0.2, 0) is 14.4 Å². The lowest BCUT2D eigenvalue weighted by Gasteiger charge is -2.26. The lowest BCUT2D eigenvalue weighted by Crippen LogP contribution is -2.41. The maximum Gasteiger partial charge on any atom is 0.233 e. The predicted octanol–water partition coefficient (Wildman–Crippen LogP) is 2.49. The highest BCUT2D eigenvalue weighted by atomic mass is 16.5. The van der Waals surface area contributed by atoms with Crippen LogP contribution in [0.4, 0.5) is 0 Å². The normalized spacial score (nSPS) is 28.4. The number of hydroxylamine groups is 2. The van der Waals surface area contributed by atoms with E-state index in [4.69, 9.17) is 0 Å². The lowest BCUT2D eigenvalue weighted by molar-refractivity contribution is -0.155. The predicted molar refractivity (Wildman–Crippen MR) is 107 cm³/mol. The van der Waals surface area contributed by atoms with Crippen LogP contribution in [-0.4, -0.2) is 47.3 Å². The van der Waals surface area contributed by atoms with Crippen LogP contribution in [0.1, 0.15) is 57.8 Å². The zero-order valence-electron chi connectivity index (χ0n) is 16.9. The van der Waals surface area contributed by atoms with Crippen molar-refractivity contribution in [2.24, 2.45) is 34.1 Å². The van der Waals surface area contributed by atoms with Crippen molar-refractivity contribution in [3.63, 3.8) is 0 Å². The van der Waals surface area contributed by atoms with Gasteiger partial charge in [-0.05, 0) is 49.5 Å². The van der Waals surface area contributed by atoms with Crippen LogP contribution in [0.5, 0.6) is 0 Å². The van der Waals surface area contributed by atoms with E-state index in [0.717, 1.165) is 38.5 Å². The molecular weight excluding hydrogens is 370 g/mol. The molecule has 4 rings (SSSR count). The van der Waals surface area contributed by atoms with Gasteiger partial charge in [-0.3, -0.25) is 24.6 Å². The zero-order valence-corrected chi connectivity index (χ0v) is 16.9. The highest BCUT2D eigenvalue weighted by Gasteiger charge is 2.57. The third-order valence-electron chi connectivity index (χ3n) is 7.37. The second-order valence-corrected chi connectivity index (χ2v) is 9.45. The van der Waals surface area contributed by atoms with E-state index in [0.29, 0.717) is 36.2 Å². The summed E-state index contributed by atoms with van der Waals surface area (Å²) in [6, 6.07) is 0. The number of Topliss-reactive ketones (excluding diaryl/α,β-unsaturated/α-hetero) is 1. The molecule has 7 heteroatoms. The lowest BCUT2D eigenvalue weighted by atomic mass is 9.80. The molecule has 3 saturated carbocycles. The Morgan fingerprint density at radius 1 is 1.28 bits per heavy atom. The summed E-state index contributed by atoms with van der Waals surface area (Å²) in [5.74, 6) is -0.135. The van der Waals surface area contributed by atoms with Crippen LogP contribution in [0.3, 0.4) is 0 Å². The summed E-state index contributed by atoms with van der Waals surface area (Å²) in [6.45, 7) is 0.597. The molecule has 3 fully saturated rings. The van der Waals surface area contributed by atoms with E-state index in [-0.39, 0.29) is 35.5 Å². The van der Waals surface area contributed by atoms with Crippen LogP contribution in [0, 0.1) is 29.1 Å². The van der Waals surface area contributed by atoms with Gasteiger partial charge in [0.05, 0.1) is 13.1 Å². The van der Waals surface area contributed by atoms with Crippen LogP contribution < -0.4 is 5.32 Å². The first-order valence-electron chi connectivity index (χ1n) is 11.0. The van der Waals surface area contributed by atoms with E-state index in [1.807, 2.05) is 6.08 Å². The number of aliphatic imine (C=N–C) groups is 1. The third-order valence-corrected chi connectivity index (χ3v) is 7.37. The minimum absolute atomic E-state index is 0.0200. The maximum atomic E-state index is 13.6. The topological polar surface area (TPSA) is 99.1 Å². The van der Waals surface area contributed by atoms with Gasteiger partial charge in [-0.2, -0.15) is 0 Å². The number of nitrogens with one attached hydrogen (secondary N) is 1. The fourth-order valence-electron chi connectivity index (χ4n) is 5.63. The smallest absolute Gasteiger partial charge is 0.233 e. The Bertz CT molecular complexity index is 722. The molecule has 158 valence electrons. The Hall–Kier alpha value is -2.02. The third kappa shape index (κ3) is 4.60. The monoisotopic (exact) mass is 401 g/mol. The minimum Gasteiger partial charge on any atom is -0.311 e. The Morgan fingerprint density at radius 3 is 2.62 bits per heavy atom. The first-order valence-corrected chi connectivity index (χ1v) is 11.0. The van der Waals surface area contributed by atoms with E-state index >= 15 is 0 Å². The first-order chi connectivity index (χ1) is 14.0. The number of amides is 2. The molecular formula is C22H31N3O4. The molecule has 0 saturated heterocycles. The van der Waals surface area contributed by atoms with E-state index in [2.05, 4.69) is 10.3 Å². The summed E-state index contributed by atoms with van der Waals surface area (Å²) in [5, 5.41) is 13.3. The van der Waals surface area contributed by atoms with E-state index in [1.54, 1.807) is 6.08 Å². The molecule has 2 amide bonds. The minimum atomic E-state index is -0.411. The zero-order chi connectivity index (χ0) is 20.4. The fraction of sp³-hybridized carbons (Fsp3) is 0.727. The quantitative estimate of drug-likeness (QED) is 0.371. The number of carbonyl (C=O) groups excluding carboxylic acids is 3. The highest BCUT2D eigenvalue weighted by molar-refractivity contribution is 6.07. The van der Waals surface area contributed by atoms with Gasteiger partial charge in [0.15, 0.2) is 0 Å². The van der Waals surface area contributed by atoms with Crippen molar-refractivity contribution in [2.75, 3.05) is 13.1 Å². The molecule has 0 radical (unpaired) electrons. The van der Waals surface area contributed by atoms with Gasteiger partial charge in [0.2, 0.25) is 12.3 Å². The molecule has 3 aliphatic carbocycles. The molecule has 1 aliphatic heterocycles. The van der Waals surface area contributed by atoms with Gasteiger partial charge in [0.25, 0.3) is 0 Å². The van der Waals surface area contributed by atoms with Crippen molar-refractivity contribution < 1.29 is 19.6 Å². The molecule has 0 aromatic rings. The summed E-state index contributed by atoms with van der Waals surface area (Å²) >= 11 is 0. The maximum absolute atomic E-state index is 13.6. The molecule has 7 nitrogen and oxygen atoms in total. The van der Waals surface area contributed by atoms with E-state index < -0.39 is 5.92 Å². The van der Waals surface area contributed by atoms with Crippen LogP contribution in [0.25, 0.3) is 0 Å². The molecule has 1 spiro atoms. The molecule has 0 aromatic carbocycles.